The molecule has 3 aliphatic rings. The number of nitrogens with one attached hydrogen (secondary N) is 1. The highest BCUT2D eigenvalue weighted by molar-refractivity contribution is 8.05. The molecule has 0 aromatic heterocycles. The molecular formula is C25H25ClF3NO5S. The standard InChI is InChI=1S/C25H25ClF3NO5S/c1-13-18-17(36-21(13)26)9-8-16(22(31)30-20(23(32)33)24(2)10-3-11-24)19(18)34-12-14-4-6-15(7-5-14)35-25(27,28)29/h4-9,17-18,20H,3,10-12H2,1-2H3,(H,30,31)(H,32,33). The van der Waals surface area contributed by atoms with Crippen molar-refractivity contribution in [3.05, 3.63) is 63.3 Å². The van der Waals surface area contributed by atoms with Gasteiger partial charge in [-0.15, -0.1) is 24.9 Å². The normalized spacial score (nSPS) is 23.6. The van der Waals surface area contributed by atoms with Gasteiger partial charge in [0.05, 0.1) is 15.9 Å². The summed E-state index contributed by atoms with van der Waals surface area (Å²) in [5.74, 6) is -1.99. The average molecular weight is 544 g/mol. The number of thioether (sulfide) groups is 1. The third-order valence-electron chi connectivity index (χ3n) is 6.86. The van der Waals surface area contributed by atoms with Crippen LogP contribution in [-0.4, -0.2) is 34.6 Å². The van der Waals surface area contributed by atoms with Crippen molar-refractivity contribution in [1.29, 1.82) is 0 Å². The molecule has 1 aromatic rings. The number of fused-ring (bicyclic) bond motifs is 1. The van der Waals surface area contributed by atoms with Crippen LogP contribution in [0.5, 0.6) is 5.75 Å². The molecule has 2 N–H and O–H groups in total. The summed E-state index contributed by atoms with van der Waals surface area (Å²) in [7, 11) is 0. The molecule has 1 amide bonds. The zero-order chi connectivity index (χ0) is 26.3. The monoisotopic (exact) mass is 543 g/mol. The summed E-state index contributed by atoms with van der Waals surface area (Å²) in [4.78, 5) is 25.3. The van der Waals surface area contributed by atoms with Gasteiger partial charge in [0.1, 0.15) is 24.2 Å². The van der Waals surface area contributed by atoms with Gasteiger partial charge < -0.3 is 19.9 Å². The fourth-order valence-corrected chi connectivity index (χ4v) is 6.25. The molecule has 4 rings (SSSR count). The first kappa shape index (κ1) is 26.5. The largest absolute Gasteiger partial charge is 0.573 e. The minimum absolute atomic E-state index is 0.0227. The predicted octanol–water partition coefficient (Wildman–Crippen LogP) is 5.89. The first-order valence-electron chi connectivity index (χ1n) is 11.3. The second-order valence-electron chi connectivity index (χ2n) is 9.39. The molecule has 1 aromatic carbocycles. The Morgan fingerprint density at radius 3 is 2.50 bits per heavy atom. The lowest BCUT2D eigenvalue weighted by molar-refractivity contribution is -0.274. The SMILES string of the molecule is CC1=C(Cl)SC2C=CC(C(=O)NC(C(=O)O)C3(C)CCC3)=C(OCc3ccc(OC(F)(F)F)cc3)C12. The van der Waals surface area contributed by atoms with Gasteiger partial charge >= 0.3 is 12.3 Å². The molecule has 1 heterocycles. The smallest absolute Gasteiger partial charge is 0.492 e. The maximum absolute atomic E-state index is 13.3. The molecule has 11 heteroatoms. The predicted molar refractivity (Wildman–Crippen MR) is 129 cm³/mol. The number of hydrogen-bond acceptors (Lipinski definition) is 5. The Hall–Kier alpha value is -2.59. The molecule has 36 heavy (non-hydrogen) atoms. The molecule has 0 spiro atoms. The molecular weight excluding hydrogens is 519 g/mol. The molecule has 1 saturated carbocycles. The van der Waals surface area contributed by atoms with Crippen molar-refractivity contribution < 1.29 is 37.3 Å². The molecule has 1 aliphatic heterocycles. The maximum atomic E-state index is 13.3. The van der Waals surface area contributed by atoms with Crippen molar-refractivity contribution in [2.75, 3.05) is 0 Å². The minimum Gasteiger partial charge on any atom is -0.492 e. The van der Waals surface area contributed by atoms with E-state index in [1.807, 2.05) is 19.9 Å². The highest BCUT2D eigenvalue weighted by Crippen LogP contribution is 2.50. The Balaban J connectivity index is 1.58. The van der Waals surface area contributed by atoms with Gasteiger partial charge in [-0.2, -0.15) is 0 Å². The highest BCUT2D eigenvalue weighted by Gasteiger charge is 2.46. The van der Waals surface area contributed by atoms with Crippen LogP contribution in [0.15, 0.2) is 57.7 Å². The van der Waals surface area contributed by atoms with Gasteiger partial charge in [0.2, 0.25) is 0 Å². The van der Waals surface area contributed by atoms with Crippen LogP contribution in [0, 0.1) is 11.3 Å². The van der Waals surface area contributed by atoms with E-state index in [4.69, 9.17) is 16.3 Å². The second-order valence-corrected chi connectivity index (χ2v) is 11.2. The number of rotatable bonds is 8. The van der Waals surface area contributed by atoms with Gasteiger partial charge in [-0.25, -0.2) is 4.79 Å². The number of benzene rings is 1. The number of allylic oxidation sites excluding steroid dienone is 1. The number of carboxylic acids is 1. The molecule has 3 unspecified atom stereocenters. The van der Waals surface area contributed by atoms with Gasteiger partial charge in [0, 0.05) is 5.25 Å². The van der Waals surface area contributed by atoms with Gasteiger partial charge in [-0.3, -0.25) is 4.79 Å². The molecule has 3 atom stereocenters. The number of carboxylic acid groups (broad SMARTS) is 1. The van der Waals surface area contributed by atoms with Crippen LogP contribution in [0.4, 0.5) is 13.2 Å². The molecule has 6 nitrogen and oxygen atoms in total. The van der Waals surface area contributed by atoms with E-state index in [0.29, 0.717) is 28.5 Å². The minimum atomic E-state index is -4.79. The van der Waals surface area contributed by atoms with Crippen molar-refractivity contribution in [3.8, 4) is 5.75 Å². The third-order valence-corrected chi connectivity index (χ3v) is 8.65. The van der Waals surface area contributed by atoms with Crippen LogP contribution < -0.4 is 10.1 Å². The Bertz CT molecular complexity index is 1140. The van der Waals surface area contributed by atoms with Crippen LogP contribution in [0.25, 0.3) is 0 Å². The van der Waals surface area contributed by atoms with Gasteiger partial charge in [-0.05, 0) is 54.5 Å². The van der Waals surface area contributed by atoms with Crippen LogP contribution in [0.3, 0.4) is 0 Å². The lowest BCUT2D eigenvalue weighted by Gasteiger charge is -2.43. The number of halogens is 4. The lowest BCUT2D eigenvalue weighted by atomic mass is 9.65. The molecule has 2 aliphatic carbocycles. The summed E-state index contributed by atoms with van der Waals surface area (Å²) in [5, 5.41) is 12.4. The Morgan fingerprint density at radius 2 is 1.94 bits per heavy atom. The molecule has 0 bridgehead atoms. The van der Waals surface area contributed by atoms with Crippen LogP contribution in [-0.2, 0) is 20.9 Å². The van der Waals surface area contributed by atoms with E-state index in [0.717, 1.165) is 12.0 Å². The fraction of sp³-hybridized carbons (Fsp3) is 0.440. The Morgan fingerprint density at radius 1 is 1.28 bits per heavy atom. The van der Waals surface area contributed by atoms with E-state index in [2.05, 4.69) is 10.1 Å². The Labute approximate surface area is 215 Å². The van der Waals surface area contributed by atoms with Crippen molar-refractivity contribution in [2.24, 2.45) is 11.3 Å². The fourth-order valence-electron chi connectivity index (χ4n) is 4.66. The second kappa shape index (κ2) is 10.0. The van der Waals surface area contributed by atoms with Crippen LogP contribution in [0.1, 0.15) is 38.7 Å². The van der Waals surface area contributed by atoms with Crippen LogP contribution >= 0.6 is 23.4 Å². The van der Waals surface area contributed by atoms with E-state index in [-0.39, 0.29) is 29.1 Å². The summed E-state index contributed by atoms with van der Waals surface area (Å²) in [6, 6.07) is 4.20. The van der Waals surface area contributed by atoms with Crippen molar-refractivity contribution in [3.63, 3.8) is 0 Å². The zero-order valence-electron chi connectivity index (χ0n) is 19.5. The van der Waals surface area contributed by atoms with Gasteiger partial charge in [-0.1, -0.05) is 43.2 Å². The first-order valence-corrected chi connectivity index (χ1v) is 12.6. The number of alkyl halides is 3. The summed E-state index contributed by atoms with van der Waals surface area (Å²) in [5.41, 5.74) is 1.07. The maximum Gasteiger partial charge on any atom is 0.573 e. The molecule has 194 valence electrons. The first-order chi connectivity index (χ1) is 16.9. The quantitative estimate of drug-likeness (QED) is 0.425. The Kier molecular flexibility index (Phi) is 7.39. The van der Waals surface area contributed by atoms with Gasteiger partial charge in [0.15, 0.2) is 0 Å². The summed E-state index contributed by atoms with van der Waals surface area (Å²) in [6.07, 6.45) is 0.986. The summed E-state index contributed by atoms with van der Waals surface area (Å²) >= 11 is 7.81. The molecule has 0 radical (unpaired) electrons. The summed E-state index contributed by atoms with van der Waals surface area (Å²) in [6.45, 7) is 3.67. The van der Waals surface area contributed by atoms with Crippen molar-refractivity contribution in [1.82, 2.24) is 5.32 Å². The van der Waals surface area contributed by atoms with Gasteiger partial charge in [0.25, 0.3) is 5.91 Å². The van der Waals surface area contributed by atoms with E-state index < -0.39 is 29.7 Å². The zero-order valence-corrected chi connectivity index (χ0v) is 21.1. The van der Waals surface area contributed by atoms with Crippen LogP contribution in [0.2, 0.25) is 0 Å². The van der Waals surface area contributed by atoms with Crippen molar-refractivity contribution in [2.45, 2.75) is 57.4 Å². The third kappa shape index (κ3) is 5.54. The number of amides is 1. The van der Waals surface area contributed by atoms with E-state index in [9.17, 15) is 27.9 Å². The van der Waals surface area contributed by atoms with E-state index in [1.165, 1.54) is 36.0 Å². The van der Waals surface area contributed by atoms with Crippen molar-refractivity contribution >= 4 is 35.2 Å². The highest BCUT2D eigenvalue weighted by atomic mass is 35.5. The topological polar surface area (TPSA) is 84.9 Å². The summed E-state index contributed by atoms with van der Waals surface area (Å²) < 4.78 is 47.9. The number of ether oxygens (including phenoxy) is 2. The number of carbonyl (C=O) groups is 2. The average Bonchev–Trinajstić information content (AvgIpc) is 3.07. The number of aliphatic carboxylic acids is 1. The molecule has 0 saturated heterocycles. The number of carbonyl (C=O) groups excluding carboxylic acids is 1. The molecule has 1 fully saturated rings. The number of hydrogen-bond donors (Lipinski definition) is 2. The lowest BCUT2D eigenvalue weighted by Crippen LogP contribution is -2.54. The van der Waals surface area contributed by atoms with E-state index >= 15 is 0 Å². The van der Waals surface area contributed by atoms with E-state index in [1.54, 1.807) is 6.08 Å².